The number of aromatic nitrogens is 2. The van der Waals surface area contributed by atoms with E-state index in [0.29, 0.717) is 16.8 Å². The summed E-state index contributed by atoms with van der Waals surface area (Å²) in [5, 5.41) is 2.75. The van der Waals surface area contributed by atoms with Gasteiger partial charge in [0.15, 0.2) is 0 Å². The van der Waals surface area contributed by atoms with Gasteiger partial charge in [0, 0.05) is 12.1 Å². The molecule has 3 aromatic rings. The number of imidazole rings is 1. The topological polar surface area (TPSA) is 76.1 Å². The van der Waals surface area contributed by atoms with Crippen LogP contribution < -0.4 is 15.7 Å². The van der Waals surface area contributed by atoms with Crippen LogP contribution in [-0.4, -0.2) is 22.6 Å². The molecular formula is C17H16FN3O3. The summed E-state index contributed by atoms with van der Waals surface area (Å²) in [7, 11) is 1.56. The van der Waals surface area contributed by atoms with E-state index in [2.05, 4.69) is 10.3 Å². The number of ether oxygens (including phenoxy) is 1. The molecule has 6 nitrogen and oxygen atoms in total. The number of nitrogens with zero attached hydrogens (tertiary/aromatic N) is 1. The number of hydrogen-bond donors (Lipinski definition) is 2. The number of halogens is 1. The van der Waals surface area contributed by atoms with Gasteiger partial charge in [-0.3, -0.25) is 9.36 Å². The summed E-state index contributed by atoms with van der Waals surface area (Å²) in [4.78, 5) is 26.6. The van der Waals surface area contributed by atoms with Crippen LogP contribution in [0.1, 0.15) is 5.56 Å². The summed E-state index contributed by atoms with van der Waals surface area (Å²) < 4.78 is 19.7. The van der Waals surface area contributed by atoms with E-state index in [0.717, 1.165) is 5.56 Å². The zero-order valence-corrected chi connectivity index (χ0v) is 13.0. The zero-order chi connectivity index (χ0) is 17.1. The van der Waals surface area contributed by atoms with Crippen LogP contribution in [0.5, 0.6) is 5.75 Å². The van der Waals surface area contributed by atoms with Gasteiger partial charge in [-0.25, -0.2) is 9.18 Å². The Bertz CT molecular complexity index is 946. The number of aromatic amines is 1. The summed E-state index contributed by atoms with van der Waals surface area (Å²) >= 11 is 0. The number of amides is 1. The number of carbonyl (C=O) groups is 1. The first-order valence-electron chi connectivity index (χ1n) is 7.35. The van der Waals surface area contributed by atoms with Crippen molar-refractivity contribution in [1.82, 2.24) is 14.9 Å². The minimum absolute atomic E-state index is 0.153. The molecule has 7 heteroatoms. The zero-order valence-electron chi connectivity index (χ0n) is 13.0. The summed E-state index contributed by atoms with van der Waals surface area (Å²) in [5.41, 5.74) is 1.22. The van der Waals surface area contributed by atoms with Gasteiger partial charge in [0.25, 0.3) is 0 Å². The van der Waals surface area contributed by atoms with Crippen LogP contribution in [0.3, 0.4) is 0 Å². The Labute approximate surface area is 136 Å². The average Bonchev–Trinajstić information content (AvgIpc) is 2.88. The van der Waals surface area contributed by atoms with Crippen LogP contribution in [0.25, 0.3) is 11.0 Å². The van der Waals surface area contributed by atoms with E-state index >= 15 is 0 Å². The number of fused-ring (bicyclic) bond motifs is 1. The Hall–Kier alpha value is -3.09. The monoisotopic (exact) mass is 329 g/mol. The molecule has 0 aliphatic rings. The van der Waals surface area contributed by atoms with Crippen LogP contribution in [0.4, 0.5) is 4.39 Å². The summed E-state index contributed by atoms with van der Waals surface area (Å²) in [6, 6.07) is 11.3. The van der Waals surface area contributed by atoms with Crippen LogP contribution in [0.15, 0.2) is 47.3 Å². The van der Waals surface area contributed by atoms with Crippen molar-refractivity contribution in [3.63, 3.8) is 0 Å². The second-order valence-corrected chi connectivity index (χ2v) is 5.27. The highest BCUT2D eigenvalue weighted by molar-refractivity contribution is 5.80. The Morgan fingerprint density at radius 2 is 2.08 bits per heavy atom. The first-order valence-corrected chi connectivity index (χ1v) is 7.35. The van der Waals surface area contributed by atoms with Crippen molar-refractivity contribution in [1.29, 1.82) is 0 Å². The number of methoxy groups -OCH3 is 1. The Balaban J connectivity index is 1.74. The van der Waals surface area contributed by atoms with Gasteiger partial charge >= 0.3 is 5.69 Å². The molecule has 0 aliphatic heterocycles. The van der Waals surface area contributed by atoms with E-state index in [1.54, 1.807) is 13.2 Å². The van der Waals surface area contributed by atoms with E-state index in [4.69, 9.17) is 4.74 Å². The lowest BCUT2D eigenvalue weighted by Gasteiger charge is -2.10. The minimum Gasteiger partial charge on any atom is -0.496 e. The Morgan fingerprint density at radius 1 is 1.29 bits per heavy atom. The van der Waals surface area contributed by atoms with E-state index < -0.39 is 11.5 Å². The molecule has 2 aromatic carbocycles. The number of benzene rings is 2. The van der Waals surface area contributed by atoms with Crippen molar-refractivity contribution >= 4 is 16.9 Å². The number of nitrogens with one attached hydrogen (secondary N) is 2. The first-order chi connectivity index (χ1) is 11.6. The van der Waals surface area contributed by atoms with Gasteiger partial charge in [0.1, 0.15) is 18.1 Å². The second kappa shape index (κ2) is 6.57. The normalized spacial score (nSPS) is 10.8. The molecule has 1 heterocycles. The van der Waals surface area contributed by atoms with Gasteiger partial charge in [-0.05, 0) is 24.3 Å². The molecule has 0 bridgehead atoms. The summed E-state index contributed by atoms with van der Waals surface area (Å²) in [5.74, 6) is -0.0951. The Morgan fingerprint density at radius 3 is 2.88 bits per heavy atom. The molecule has 0 atom stereocenters. The smallest absolute Gasteiger partial charge is 0.326 e. The van der Waals surface area contributed by atoms with Crippen molar-refractivity contribution in [2.24, 2.45) is 0 Å². The fourth-order valence-corrected chi connectivity index (χ4v) is 2.54. The van der Waals surface area contributed by atoms with Gasteiger partial charge in [0.2, 0.25) is 5.91 Å². The molecule has 0 fully saturated rings. The van der Waals surface area contributed by atoms with Crippen molar-refractivity contribution in [3.8, 4) is 5.75 Å². The number of rotatable bonds is 5. The van der Waals surface area contributed by atoms with Gasteiger partial charge in [-0.1, -0.05) is 18.2 Å². The van der Waals surface area contributed by atoms with Crippen molar-refractivity contribution in [3.05, 3.63) is 64.3 Å². The molecule has 1 amide bonds. The highest BCUT2D eigenvalue weighted by atomic mass is 19.1. The Kier molecular flexibility index (Phi) is 4.33. The molecule has 3 rings (SSSR count). The van der Waals surface area contributed by atoms with Crippen LogP contribution in [0, 0.1) is 5.82 Å². The number of H-pyrrole nitrogens is 1. The van der Waals surface area contributed by atoms with Gasteiger partial charge < -0.3 is 15.0 Å². The van der Waals surface area contributed by atoms with Crippen molar-refractivity contribution in [2.45, 2.75) is 13.1 Å². The van der Waals surface area contributed by atoms with Gasteiger partial charge in [0.05, 0.1) is 18.1 Å². The molecule has 0 saturated carbocycles. The lowest BCUT2D eigenvalue weighted by Crippen LogP contribution is -2.31. The minimum atomic E-state index is -0.456. The SMILES string of the molecule is COc1ccccc1CNC(=O)Cn1c(=O)[nH]c2cc(F)ccc21. The fraction of sp³-hybridized carbons (Fsp3) is 0.176. The quantitative estimate of drug-likeness (QED) is 0.749. The van der Waals surface area contributed by atoms with Crippen LogP contribution in [0.2, 0.25) is 0 Å². The molecule has 0 saturated heterocycles. The van der Waals surface area contributed by atoms with Crippen LogP contribution >= 0.6 is 0 Å². The van der Waals surface area contributed by atoms with Gasteiger partial charge in [-0.2, -0.15) is 0 Å². The average molecular weight is 329 g/mol. The number of para-hydroxylation sites is 1. The maximum atomic E-state index is 13.2. The van der Waals surface area contributed by atoms with E-state index in [1.165, 1.54) is 22.8 Å². The predicted octanol–water partition coefficient (Wildman–Crippen LogP) is 1.79. The van der Waals surface area contributed by atoms with E-state index in [-0.39, 0.29) is 19.0 Å². The largest absolute Gasteiger partial charge is 0.496 e. The number of carbonyl (C=O) groups excluding carboxylic acids is 1. The highest BCUT2D eigenvalue weighted by Crippen LogP contribution is 2.16. The van der Waals surface area contributed by atoms with E-state index in [9.17, 15) is 14.0 Å². The lowest BCUT2D eigenvalue weighted by atomic mass is 10.2. The molecule has 24 heavy (non-hydrogen) atoms. The predicted molar refractivity (Wildman–Crippen MR) is 87.4 cm³/mol. The molecular weight excluding hydrogens is 313 g/mol. The molecule has 1 aromatic heterocycles. The lowest BCUT2D eigenvalue weighted by molar-refractivity contribution is -0.121. The molecule has 0 radical (unpaired) electrons. The van der Waals surface area contributed by atoms with E-state index in [1.807, 2.05) is 18.2 Å². The second-order valence-electron chi connectivity index (χ2n) is 5.27. The molecule has 0 unspecified atom stereocenters. The maximum Gasteiger partial charge on any atom is 0.326 e. The third-order valence-corrected chi connectivity index (χ3v) is 3.71. The third-order valence-electron chi connectivity index (χ3n) is 3.71. The first kappa shape index (κ1) is 15.8. The molecule has 0 spiro atoms. The standard InChI is InChI=1S/C17H16FN3O3/c1-24-15-5-3-2-4-11(15)9-19-16(22)10-21-14-7-6-12(18)8-13(14)20-17(21)23/h2-8H,9-10H2,1H3,(H,19,22)(H,20,23). The third kappa shape index (κ3) is 3.15. The molecule has 124 valence electrons. The maximum absolute atomic E-state index is 13.2. The molecule has 2 N–H and O–H groups in total. The summed E-state index contributed by atoms with van der Waals surface area (Å²) in [6.07, 6.45) is 0. The van der Waals surface area contributed by atoms with Crippen molar-refractivity contribution < 1.29 is 13.9 Å². The van der Waals surface area contributed by atoms with Gasteiger partial charge in [-0.15, -0.1) is 0 Å². The highest BCUT2D eigenvalue weighted by Gasteiger charge is 2.12. The number of hydrogen-bond acceptors (Lipinski definition) is 3. The summed E-state index contributed by atoms with van der Waals surface area (Å²) in [6.45, 7) is 0.133. The molecule has 0 aliphatic carbocycles. The van der Waals surface area contributed by atoms with Crippen LogP contribution in [-0.2, 0) is 17.9 Å². The fourth-order valence-electron chi connectivity index (χ4n) is 2.54. The van der Waals surface area contributed by atoms with Crippen molar-refractivity contribution in [2.75, 3.05) is 7.11 Å².